The average Bonchev–Trinajstić information content (AvgIpc) is 2.36. The Kier molecular flexibility index (Phi) is 4.07. The molecule has 0 aliphatic carbocycles. The van der Waals surface area contributed by atoms with Crippen LogP contribution in [0.5, 0.6) is 0 Å². The maximum Gasteiger partial charge on any atom is 0.0702 e. The zero-order valence-corrected chi connectivity index (χ0v) is 10.3. The number of hydrogen-bond acceptors (Lipinski definition) is 3. The van der Waals surface area contributed by atoms with Crippen molar-refractivity contribution in [2.45, 2.75) is 13.0 Å². The Hall–Kier alpha value is -1.45. The van der Waals surface area contributed by atoms with E-state index in [1.807, 2.05) is 12.3 Å². The van der Waals surface area contributed by atoms with Gasteiger partial charge in [-0.05, 0) is 50.3 Å². The van der Waals surface area contributed by atoms with Crippen LogP contribution in [0.4, 0.5) is 0 Å². The molecule has 1 aromatic carbocycles. The molecule has 2 N–H and O–H groups in total. The number of nitrogens with two attached hydrogens (primary N) is 1. The molecule has 3 heteroatoms. The van der Waals surface area contributed by atoms with Crippen LogP contribution in [0.25, 0.3) is 10.9 Å². The van der Waals surface area contributed by atoms with E-state index in [1.165, 1.54) is 10.9 Å². The summed E-state index contributed by atoms with van der Waals surface area (Å²) in [5.74, 6) is 0. The van der Waals surface area contributed by atoms with Crippen LogP contribution in [0.2, 0.25) is 0 Å². The summed E-state index contributed by atoms with van der Waals surface area (Å²) >= 11 is 0. The summed E-state index contributed by atoms with van der Waals surface area (Å²) in [5, 5.41) is 1.21. The molecule has 17 heavy (non-hydrogen) atoms. The van der Waals surface area contributed by atoms with E-state index in [4.69, 9.17) is 5.73 Å². The van der Waals surface area contributed by atoms with E-state index in [2.05, 4.69) is 41.2 Å². The molecule has 0 fully saturated rings. The fraction of sp³-hybridized carbons (Fsp3) is 0.357. The van der Waals surface area contributed by atoms with Crippen molar-refractivity contribution in [3.05, 3.63) is 42.1 Å². The van der Waals surface area contributed by atoms with E-state index >= 15 is 0 Å². The monoisotopic (exact) mass is 229 g/mol. The molecule has 3 nitrogen and oxygen atoms in total. The van der Waals surface area contributed by atoms with Gasteiger partial charge in [-0.3, -0.25) is 4.98 Å². The van der Waals surface area contributed by atoms with Gasteiger partial charge in [0.05, 0.1) is 5.52 Å². The third kappa shape index (κ3) is 3.25. The maximum atomic E-state index is 5.51. The first-order valence-corrected chi connectivity index (χ1v) is 6.02. The summed E-state index contributed by atoms with van der Waals surface area (Å²) in [7, 11) is 2.13. The summed E-state index contributed by atoms with van der Waals surface area (Å²) in [6.07, 6.45) is 2.88. The van der Waals surface area contributed by atoms with E-state index < -0.39 is 0 Å². The molecular weight excluding hydrogens is 210 g/mol. The molecule has 0 bridgehead atoms. The highest BCUT2D eigenvalue weighted by atomic mass is 15.1. The molecule has 0 aliphatic rings. The number of rotatable bonds is 5. The largest absolute Gasteiger partial charge is 0.330 e. The van der Waals surface area contributed by atoms with Crippen LogP contribution in [0.3, 0.4) is 0 Å². The van der Waals surface area contributed by atoms with Gasteiger partial charge in [-0.25, -0.2) is 0 Å². The minimum atomic E-state index is 0.756. The van der Waals surface area contributed by atoms with Crippen molar-refractivity contribution in [1.29, 1.82) is 0 Å². The van der Waals surface area contributed by atoms with E-state index in [1.54, 1.807) is 0 Å². The smallest absolute Gasteiger partial charge is 0.0702 e. The minimum Gasteiger partial charge on any atom is -0.330 e. The van der Waals surface area contributed by atoms with Crippen LogP contribution in [-0.2, 0) is 6.54 Å². The Balaban J connectivity index is 2.08. The Morgan fingerprint density at radius 3 is 3.00 bits per heavy atom. The first kappa shape index (κ1) is 12.0. The molecule has 0 spiro atoms. The lowest BCUT2D eigenvalue weighted by molar-refractivity contribution is 0.324. The Bertz CT molecular complexity index is 482. The van der Waals surface area contributed by atoms with Gasteiger partial charge < -0.3 is 10.6 Å². The Morgan fingerprint density at radius 1 is 1.29 bits per heavy atom. The third-order valence-corrected chi connectivity index (χ3v) is 2.86. The average molecular weight is 229 g/mol. The van der Waals surface area contributed by atoms with Gasteiger partial charge in [0.15, 0.2) is 0 Å². The summed E-state index contributed by atoms with van der Waals surface area (Å²) in [4.78, 5) is 6.62. The van der Waals surface area contributed by atoms with Crippen molar-refractivity contribution in [1.82, 2.24) is 9.88 Å². The lowest BCUT2D eigenvalue weighted by Crippen LogP contribution is -2.21. The minimum absolute atomic E-state index is 0.756. The molecule has 0 amide bonds. The highest BCUT2D eigenvalue weighted by Crippen LogP contribution is 2.14. The van der Waals surface area contributed by atoms with Gasteiger partial charge in [-0.15, -0.1) is 0 Å². The van der Waals surface area contributed by atoms with E-state index in [0.29, 0.717) is 0 Å². The van der Waals surface area contributed by atoms with Gasteiger partial charge in [-0.2, -0.15) is 0 Å². The van der Waals surface area contributed by atoms with E-state index in [9.17, 15) is 0 Å². The van der Waals surface area contributed by atoms with Crippen molar-refractivity contribution in [2.75, 3.05) is 20.1 Å². The van der Waals surface area contributed by atoms with Crippen molar-refractivity contribution in [3.63, 3.8) is 0 Å². The quantitative estimate of drug-likeness (QED) is 0.853. The molecule has 0 atom stereocenters. The molecule has 2 aromatic rings. The van der Waals surface area contributed by atoms with Gasteiger partial charge >= 0.3 is 0 Å². The topological polar surface area (TPSA) is 42.1 Å². The molecule has 0 saturated carbocycles. The fourth-order valence-electron chi connectivity index (χ4n) is 1.98. The number of benzene rings is 1. The second kappa shape index (κ2) is 5.75. The Morgan fingerprint density at radius 2 is 2.18 bits per heavy atom. The first-order valence-electron chi connectivity index (χ1n) is 6.02. The molecule has 1 aromatic heterocycles. The molecule has 0 unspecified atom stereocenters. The first-order chi connectivity index (χ1) is 8.29. The zero-order chi connectivity index (χ0) is 12.1. The third-order valence-electron chi connectivity index (χ3n) is 2.86. The molecule has 90 valence electrons. The fourth-order valence-corrected chi connectivity index (χ4v) is 1.98. The molecule has 0 radical (unpaired) electrons. The van der Waals surface area contributed by atoms with Gasteiger partial charge in [0.25, 0.3) is 0 Å². The van der Waals surface area contributed by atoms with E-state index in [-0.39, 0.29) is 0 Å². The second-order valence-electron chi connectivity index (χ2n) is 4.41. The second-order valence-corrected chi connectivity index (χ2v) is 4.41. The van der Waals surface area contributed by atoms with Crippen molar-refractivity contribution < 1.29 is 0 Å². The van der Waals surface area contributed by atoms with Gasteiger partial charge in [0.1, 0.15) is 0 Å². The van der Waals surface area contributed by atoms with E-state index in [0.717, 1.165) is 31.6 Å². The van der Waals surface area contributed by atoms with Crippen molar-refractivity contribution in [2.24, 2.45) is 5.73 Å². The zero-order valence-electron chi connectivity index (χ0n) is 10.3. The highest BCUT2D eigenvalue weighted by Gasteiger charge is 2.01. The lowest BCUT2D eigenvalue weighted by Gasteiger charge is -2.16. The normalized spacial score (nSPS) is 11.2. The summed E-state index contributed by atoms with van der Waals surface area (Å²) in [6, 6.07) is 10.5. The molecule has 2 rings (SSSR count). The molecule has 1 heterocycles. The molecule has 0 aliphatic heterocycles. The van der Waals surface area contributed by atoms with Crippen molar-refractivity contribution in [3.8, 4) is 0 Å². The predicted octanol–water partition coefficient (Wildman–Crippen LogP) is 2.02. The number of aromatic nitrogens is 1. The number of nitrogens with zero attached hydrogens (tertiary/aromatic N) is 2. The van der Waals surface area contributed by atoms with Crippen LogP contribution in [0, 0.1) is 0 Å². The molecule has 0 saturated heterocycles. The number of fused-ring (bicyclic) bond motifs is 1. The van der Waals surface area contributed by atoms with Crippen LogP contribution in [-0.4, -0.2) is 30.0 Å². The Labute approximate surface area is 102 Å². The van der Waals surface area contributed by atoms with Crippen LogP contribution in [0.1, 0.15) is 12.0 Å². The predicted molar refractivity (Wildman–Crippen MR) is 71.7 cm³/mol. The lowest BCUT2D eigenvalue weighted by atomic mass is 10.1. The summed E-state index contributed by atoms with van der Waals surface area (Å²) < 4.78 is 0. The van der Waals surface area contributed by atoms with Crippen LogP contribution in [0.15, 0.2) is 36.5 Å². The van der Waals surface area contributed by atoms with Crippen molar-refractivity contribution >= 4 is 10.9 Å². The number of hydrogen-bond donors (Lipinski definition) is 1. The van der Waals surface area contributed by atoms with Gasteiger partial charge in [-0.1, -0.05) is 12.1 Å². The standard InChI is InChI=1S/C14H19N3/c1-17(9-3-7-15)11-12-5-6-14-13(10-12)4-2-8-16-14/h2,4-6,8,10H,3,7,9,11,15H2,1H3. The van der Waals surface area contributed by atoms with Crippen LogP contribution < -0.4 is 5.73 Å². The molecular formula is C14H19N3. The number of pyridine rings is 1. The SMILES string of the molecule is CN(CCCN)Cc1ccc2ncccc2c1. The maximum absolute atomic E-state index is 5.51. The highest BCUT2D eigenvalue weighted by molar-refractivity contribution is 5.78. The van der Waals surface area contributed by atoms with Gasteiger partial charge in [0.2, 0.25) is 0 Å². The summed E-state index contributed by atoms with van der Waals surface area (Å²) in [5.41, 5.74) is 7.89. The summed E-state index contributed by atoms with van der Waals surface area (Å²) in [6.45, 7) is 2.76. The van der Waals surface area contributed by atoms with Gasteiger partial charge in [0, 0.05) is 18.1 Å². The van der Waals surface area contributed by atoms with Crippen LogP contribution >= 0.6 is 0 Å².